The zero-order valence-corrected chi connectivity index (χ0v) is 13.4. The lowest BCUT2D eigenvalue weighted by Crippen LogP contribution is -2.42. The summed E-state index contributed by atoms with van der Waals surface area (Å²) in [4.78, 5) is 24.8. The van der Waals surface area contributed by atoms with Crippen LogP contribution in [0.4, 0.5) is 0 Å². The van der Waals surface area contributed by atoms with E-state index < -0.39 is 0 Å². The number of amides is 1. The van der Waals surface area contributed by atoms with E-state index in [2.05, 4.69) is 10.6 Å². The fraction of sp³-hybridized carbons (Fsp3) is 0.300. The lowest BCUT2D eigenvalue weighted by molar-refractivity contribution is 0.0929. The van der Waals surface area contributed by atoms with Gasteiger partial charge in [0.15, 0.2) is 5.78 Å². The van der Waals surface area contributed by atoms with Gasteiger partial charge in [0.2, 0.25) is 0 Å². The van der Waals surface area contributed by atoms with Crippen molar-refractivity contribution in [1.82, 2.24) is 10.6 Å². The second-order valence-electron chi connectivity index (χ2n) is 6.64. The minimum atomic E-state index is -0.0620. The molecule has 3 atom stereocenters. The quantitative estimate of drug-likeness (QED) is 0.851. The third-order valence-corrected chi connectivity index (χ3v) is 5.06. The van der Waals surface area contributed by atoms with E-state index >= 15 is 0 Å². The van der Waals surface area contributed by atoms with Crippen LogP contribution in [0.3, 0.4) is 0 Å². The van der Waals surface area contributed by atoms with Gasteiger partial charge in [0.05, 0.1) is 0 Å². The summed E-state index contributed by atoms with van der Waals surface area (Å²) in [5.74, 6) is -0.0899. The summed E-state index contributed by atoms with van der Waals surface area (Å²) in [5, 5.41) is 6.64. The number of carbonyl (C=O) groups is 2. The summed E-state index contributed by atoms with van der Waals surface area (Å²) in [7, 11) is 0. The molecular formula is C20H20N2O2. The highest BCUT2D eigenvalue weighted by Gasteiger charge is 2.39. The summed E-state index contributed by atoms with van der Waals surface area (Å²) in [6.45, 7) is 0. The highest BCUT2D eigenvalue weighted by Crippen LogP contribution is 2.28. The Kier molecular flexibility index (Phi) is 3.90. The third kappa shape index (κ3) is 2.85. The average Bonchev–Trinajstić information content (AvgIpc) is 3.25. The lowest BCUT2D eigenvalue weighted by atomic mass is 9.95. The second-order valence-corrected chi connectivity index (χ2v) is 6.64. The Labute approximate surface area is 141 Å². The first-order chi connectivity index (χ1) is 11.7. The van der Waals surface area contributed by atoms with Crippen LogP contribution in [0.1, 0.15) is 45.5 Å². The number of benzene rings is 2. The van der Waals surface area contributed by atoms with Crippen molar-refractivity contribution in [3.8, 4) is 0 Å². The fourth-order valence-corrected chi connectivity index (χ4v) is 3.76. The van der Waals surface area contributed by atoms with Gasteiger partial charge in [-0.15, -0.1) is 0 Å². The van der Waals surface area contributed by atoms with Crippen molar-refractivity contribution in [2.24, 2.45) is 0 Å². The van der Waals surface area contributed by atoms with Crippen LogP contribution in [0.5, 0.6) is 0 Å². The van der Waals surface area contributed by atoms with Gasteiger partial charge in [-0.1, -0.05) is 42.5 Å². The molecule has 2 heterocycles. The minimum absolute atomic E-state index is 0.0279. The molecule has 4 rings (SSSR count). The van der Waals surface area contributed by atoms with E-state index in [-0.39, 0.29) is 17.7 Å². The summed E-state index contributed by atoms with van der Waals surface area (Å²) < 4.78 is 0. The molecule has 2 aromatic carbocycles. The Morgan fingerprint density at radius 3 is 2.17 bits per heavy atom. The van der Waals surface area contributed by atoms with Crippen molar-refractivity contribution < 1.29 is 9.59 Å². The third-order valence-electron chi connectivity index (χ3n) is 5.06. The van der Waals surface area contributed by atoms with Gasteiger partial charge >= 0.3 is 0 Å². The van der Waals surface area contributed by atoms with Crippen LogP contribution in [-0.4, -0.2) is 29.8 Å². The largest absolute Gasteiger partial charge is 0.348 e. The smallest absolute Gasteiger partial charge is 0.251 e. The molecule has 4 heteroatoms. The van der Waals surface area contributed by atoms with Crippen LogP contribution in [0.2, 0.25) is 0 Å². The highest BCUT2D eigenvalue weighted by molar-refractivity contribution is 6.09. The molecule has 2 fully saturated rings. The molecule has 24 heavy (non-hydrogen) atoms. The van der Waals surface area contributed by atoms with E-state index in [0.29, 0.717) is 28.8 Å². The van der Waals surface area contributed by atoms with Crippen molar-refractivity contribution in [2.75, 3.05) is 0 Å². The van der Waals surface area contributed by atoms with Crippen LogP contribution in [0.25, 0.3) is 0 Å². The van der Waals surface area contributed by atoms with Crippen LogP contribution in [-0.2, 0) is 0 Å². The van der Waals surface area contributed by atoms with E-state index in [1.54, 1.807) is 36.4 Å². The lowest BCUT2D eigenvalue weighted by Gasteiger charge is -2.21. The molecule has 1 amide bonds. The van der Waals surface area contributed by atoms with E-state index in [4.69, 9.17) is 0 Å². The van der Waals surface area contributed by atoms with Crippen molar-refractivity contribution in [3.63, 3.8) is 0 Å². The maximum atomic E-state index is 12.4. The standard InChI is InChI=1S/C20H20N2O2/c23-19(13-4-2-1-3-5-13)14-6-8-15(9-7-14)20(24)22-18-12-16-10-11-17(18)21-16/h1-9,16-18,21H,10-12H2,(H,22,24)/t16-,17+,18-/m1/s1. The number of hydrogen-bond acceptors (Lipinski definition) is 3. The maximum absolute atomic E-state index is 12.4. The number of carbonyl (C=O) groups excluding carboxylic acids is 2. The Balaban J connectivity index is 1.44. The monoisotopic (exact) mass is 320 g/mol. The summed E-state index contributed by atoms with van der Waals surface area (Å²) in [6.07, 6.45) is 3.37. The van der Waals surface area contributed by atoms with Gasteiger partial charge in [0.1, 0.15) is 0 Å². The summed E-state index contributed by atoms with van der Waals surface area (Å²) in [5.41, 5.74) is 1.85. The zero-order valence-electron chi connectivity index (χ0n) is 13.4. The van der Waals surface area contributed by atoms with Gasteiger partial charge in [-0.2, -0.15) is 0 Å². The van der Waals surface area contributed by atoms with Gasteiger partial charge in [0.25, 0.3) is 5.91 Å². The summed E-state index contributed by atoms with van der Waals surface area (Å²) in [6, 6.07) is 17.3. The van der Waals surface area contributed by atoms with Crippen molar-refractivity contribution in [3.05, 3.63) is 71.3 Å². The van der Waals surface area contributed by atoms with Crippen molar-refractivity contribution in [1.29, 1.82) is 0 Å². The Morgan fingerprint density at radius 1 is 0.875 bits per heavy atom. The molecule has 2 bridgehead atoms. The van der Waals surface area contributed by atoms with E-state index in [1.807, 2.05) is 18.2 Å². The number of rotatable bonds is 4. The predicted octanol–water partition coefficient (Wildman–Crippen LogP) is 2.54. The van der Waals surface area contributed by atoms with Gasteiger partial charge in [-0.05, 0) is 31.4 Å². The maximum Gasteiger partial charge on any atom is 0.251 e. The van der Waals surface area contributed by atoms with Crippen LogP contribution < -0.4 is 10.6 Å². The molecule has 2 aliphatic heterocycles. The average molecular weight is 320 g/mol. The molecule has 2 saturated heterocycles. The van der Waals surface area contributed by atoms with Gasteiger partial charge in [-0.3, -0.25) is 9.59 Å². The topological polar surface area (TPSA) is 58.2 Å². The first-order valence-electron chi connectivity index (χ1n) is 8.47. The molecule has 2 aromatic rings. The molecule has 0 aliphatic carbocycles. The van der Waals surface area contributed by atoms with Gasteiger partial charge < -0.3 is 10.6 Å². The van der Waals surface area contributed by atoms with Gasteiger partial charge in [0, 0.05) is 34.8 Å². The van der Waals surface area contributed by atoms with E-state index in [0.717, 1.165) is 12.8 Å². The zero-order chi connectivity index (χ0) is 16.5. The Bertz CT molecular complexity index is 755. The molecule has 4 nitrogen and oxygen atoms in total. The SMILES string of the molecule is O=C(N[C@@H]1C[C@H]2CC[C@@H]1N2)c1ccc(C(=O)c2ccccc2)cc1. The van der Waals surface area contributed by atoms with E-state index in [1.165, 1.54) is 6.42 Å². The molecule has 0 aromatic heterocycles. The molecule has 0 unspecified atom stereocenters. The molecule has 2 N–H and O–H groups in total. The predicted molar refractivity (Wildman–Crippen MR) is 92.1 cm³/mol. The molecule has 0 spiro atoms. The number of fused-ring (bicyclic) bond motifs is 2. The fourth-order valence-electron chi connectivity index (χ4n) is 3.76. The van der Waals surface area contributed by atoms with E-state index in [9.17, 15) is 9.59 Å². The summed E-state index contributed by atoms with van der Waals surface area (Å²) >= 11 is 0. The minimum Gasteiger partial charge on any atom is -0.348 e. The first-order valence-corrected chi connectivity index (χ1v) is 8.47. The molecule has 2 aliphatic rings. The second kappa shape index (κ2) is 6.21. The molecule has 0 radical (unpaired) electrons. The highest BCUT2D eigenvalue weighted by atomic mass is 16.1. The van der Waals surface area contributed by atoms with Crippen LogP contribution in [0.15, 0.2) is 54.6 Å². The number of nitrogens with one attached hydrogen (secondary N) is 2. The number of hydrogen-bond donors (Lipinski definition) is 2. The van der Waals surface area contributed by atoms with Crippen LogP contribution in [0, 0.1) is 0 Å². The normalized spacial score (nSPS) is 24.8. The first kappa shape index (κ1) is 15.1. The molecule has 0 saturated carbocycles. The van der Waals surface area contributed by atoms with Crippen molar-refractivity contribution >= 4 is 11.7 Å². The molecule has 122 valence electrons. The molecular weight excluding hydrogens is 300 g/mol. The Morgan fingerprint density at radius 2 is 1.54 bits per heavy atom. The van der Waals surface area contributed by atoms with Crippen molar-refractivity contribution in [2.45, 2.75) is 37.4 Å². The van der Waals surface area contributed by atoms with Crippen LogP contribution >= 0.6 is 0 Å². The van der Waals surface area contributed by atoms with Gasteiger partial charge in [-0.25, -0.2) is 0 Å². The number of ketones is 1. The Hall–Kier alpha value is -2.46.